The first-order valence-electron chi connectivity index (χ1n) is 7.35. The zero-order valence-electron chi connectivity index (χ0n) is 11.6. The highest BCUT2D eigenvalue weighted by Gasteiger charge is 2.27. The van der Waals surface area contributed by atoms with Crippen LogP contribution in [0.25, 0.3) is 0 Å². The zero-order chi connectivity index (χ0) is 13.7. The Morgan fingerprint density at radius 1 is 1.37 bits per heavy atom. The van der Waals surface area contributed by atoms with Crippen molar-refractivity contribution in [1.82, 2.24) is 4.98 Å². The summed E-state index contributed by atoms with van der Waals surface area (Å²) in [6, 6.07) is 4.01. The molecule has 1 aliphatic carbocycles. The minimum atomic E-state index is 0.290. The highest BCUT2D eigenvalue weighted by Crippen LogP contribution is 2.38. The quantitative estimate of drug-likeness (QED) is 0.727. The van der Waals surface area contributed by atoms with Crippen molar-refractivity contribution in [2.45, 2.75) is 57.8 Å². The molecule has 1 heterocycles. The third-order valence-electron chi connectivity index (χ3n) is 4.19. The van der Waals surface area contributed by atoms with E-state index in [-0.39, 0.29) is 0 Å². The van der Waals surface area contributed by atoms with Crippen LogP contribution < -0.4 is 0 Å². The summed E-state index contributed by atoms with van der Waals surface area (Å²) in [5.41, 5.74) is 1.16. The molecule has 0 aromatic carbocycles. The first-order valence-corrected chi connectivity index (χ1v) is 7.73. The minimum absolute atomic E-state index is 0.290. The number of unbranched alkanes of at least 4 members (excludes halogenated alkanes) is 1. The van der Waals surface area contributed by atoms with Gasteiger partial charge in [-0.05, 0) is 49.7 Å². The van der Waals surface area contributed by atoms with Gasteiger partial charge in [-0.3, -0.25) is 4.79 Å². The van der Waals surface area contributed by atoms with Crippen LogP contribution in [0.1, 0.15) is 63.4 Å². The Labute approximate surface area is 120 Å². The number of aromatic nitrogens is 1. The molecule has 0 atom stereocenters. The van der Waals surface area contributed by atoms with Crippen LogP contribution in [0.4, 0.5) is 0 Å². The predicted molar refractivity (Wildman–Crippen MR) is 78.5 cm³/mol. The van der Waals surface area contributed by atoms with Gasteiger partial charge >= 0.3 is 0 Å². The van der Waals surface area contributed by atoms with Crippen LogP contribution >= 0.6 is 11.6 Å². The van der Waals surface area contributed by atoms with E-state index in [0.717, 1.165) is 50.5 Å². The molecule has 1 fully saturated rings. The molecule has 1 saturated carbocycles. The van der Waals surface area contributed by atoms with Gasteiger partial charge in [0, 0.05) is 18.5 Å². The van der Waals surface area contributed by atoms with E-state index in [2.05, 4.69) is 18.0 Å². The zero-order valence-corrected chi connectivity index (χ0v) is 12.3. The maximum atomic E-state index is 12.0. The highest BCUT2D eigenvalue weighted by molar-refractivity contribution is 6.30. The van der Waals surface area contributed by atoms with Crippen molar-refractivity contribution < 1.29 is 4.79 Å². The largest absolute Gasteiger partial charge is 0.299 e. The van der Waals surface area contributed by atoms with Crippen molar-refractivity contribution in [3.63, 3.8) is 0 Å². The molecule has 1 aromatic rings. The molecule has 0 saturated heterocycles. The number of carbonyl (C=O) groups excluding carboxylic acids is 1. The van der Waals surface area contributed by atoms with E-state index in [9.17, 15) is 4.79 Å². The van der Waals surface area contributed by atoms with Crippen LogP contribution in [0.15, 0.2) is 18.3 Å². The van der Waals surface area contributed by atoms with Crippen molar-refractivity contribution in [1.29, 1.82) is 0 Å². The number of ketones is 1. The van der Waals surface area contributed by atoms with Crippen molar-refractivity contribution in [3.05, 3.63) is 29.0 Å². The lowest BCUT2D eigenvalue weighted by Gasteiger charge is -2.28. The third-order valence-corrected chi connectivity index (χ3v) is 4.50. The van der Waals surface area contributed by atoms with Gasteiger partial charge < -0.3 is 0 Å². The minimum Gasteiger partial charge on any atom is -0.299 e. The lowest BCUT2D eigenvalue weighted by Crippen LogP contribution is -2.21. The van der Waals surface area contributed by atoms with Crippen molar-refractivity contribution in [3.8, 4) is 0 Å². The second-order valence-electron chi connectivity index (χ2n) is 5.50. The number of hydrogen-bond acceptors (Lipinski definition) is 2. The van der Waals surface area contributed by atoms with Crippen molar-refractivity contribution >= 4 is 17.4 Å². The lowest BCUT2D eigenvalue weighted by atomic mass is 9.77. The Balaban J connectivity index is 1.89. The lowest BCUT2D eigenvalue weighted by molar-refractivity contribution is -0.124. The Kier molecular flexibility index (Phi) is 5.38. The van der Waals surface area contributed by atoms with E-state index >= 15 is 0 Å². The molecule has 0 amide bonds. The monoisotopic (exact) mass is 279 g/mol. The number of hydrogen-bond donors (Lipinski definition) is 0. The van der Waals surface area contributed by atoms with Crippen LogP contribution in [0.3, 0.4) is 0 Å². The standard InChI is InChI=1S/C16H22ClNO/c1-2-3-6-15(19)13-9-7-12(8-10-13)14-5-4-11-18-16(14)17/h4-5,11-13H,2-3,6-10H2,1H3/t12-,13-. The molecule has 104 valence electrons. The van der Waals surface area contributed by atoms with Gasteiger partial charge in [0.1, 0.15) is 10.9 Å². The van der Waals surface area contributed by atoms with Gasteiger partial charge in [0.15, 0.2) is 0 Å². The summed E-state index contributed by atoms with van der Waals surface area (Å²) in [4.78, 5) is 16.2. The summed E-state index contributed by atoms with van der Waals surface area (Å²) in [5, 5.41) is 0.628. The molecule has 1 aromatic heterocycles. The number of Topliss-reactive ketones (excluding diaryl/α,β-unsaturated/α-hetero) is 1. The van der Waals surface area contributed by atoms with Gasteiger partial charge in [0.05, 0.1) is 0 Å². The Bertz CT molecular complexity index is 425. The summed E-state index contributed by atoms with van der Waals surface area (Å²) in [6.07, 6.45) is 8.78. The third kappa shape index (κ3) is 3.79. The Morgan fingerprint density at radius 2 is 2.11 bits per heavy atom. The van der Waals surface area contributed by atoms with Gasteiger partial charge in [-0.2, -0.15) is 0 Å². The molecule has 0 N–H and O–H groups in total. The first kappa shape index (κ1) is 14.5. The van der Waals surface area contributed by atoms with E-state index in [1.807, 2.05) is 6.07 Å². The molecular weight excluding hydrogens is 258 g/mol. The molecule has 19 heavy (non-hydrogen) atoms. The second kappa shape index (κ2) is 7.04. The molecule has 0 spiro atoms. The van der Waals surface area contributed by atoms with Crippen LogP contribution in [0.2, 0.25) is 5.15 Å². The molecule has 0 aliphatic heterocycles. The number of rotatable bonds is 5. The van der Waals surface area contributed by atoms with Crippen molar-refractivity contribution in [2.75, 3.05) is 0 Å². The van der Waals surface area contributed by atoms with Crippen LogP contribution in [-0.2, 0) is 4.79 Å². The van der Waals surface area contributed by atoms with Gasteiger partial charge in [0.25, 0.3) is 0 Å². The van der Waals surface area contributed by atoms with Crippen LogP contribution in [-0.4, -0.2) is 10.8 Å². The summed E-state index contributed by atoms with van der Waals surface area (Å²) in [7, 11) is 0. The maximum absolute atomic E-state index is 12.0. The molecule has 0 bridgehead atoms. The van der Waals surface area contributed by atoms with E-state index < -0.39 is 0 Å². The topological polar surface area (TPSA) is 30.0 Å². The number of carbonyl (C=O) groups is 1. The molecule has 2 rings (SSSR count). The van der Waals surface area contributed by atoms with Gasteiger partial charge in [-0.1, -0.05) is 31.0 Å². The Hall–Kier alpha value is -0.890. The molecule has 2 nitrogen and oxygen atoms in total. The van der Waals surface area contributed by atoms with E-state index in [1.165, 1.54) is 0 Å². The molecule has 0 unspecified atom stereocenters. The first-order chi connectivity index (χ1) is 9.22. The molecular formula is C16H22ClNO. The molecule has 3 heteroatoms. The number of halogens is 1. The summed E-state index contributed by atoms with van der Waals surface area (Å²) in [5.74, 6) is 1.24. The fourth-order valence-electron chi connectivity index (χ4n) is 2.98. The van der Waals surface area contributed by atoms with Crippen LogP contribution in [0, 0.1) is 5.92 Å². The summed E-state index contributed by atoms with van der Waals surface area (Å²) >= 11 is 6.15. The normalized spacial score (nSPS) is 23.3. The van der Waals surface area contributed by atoms with E-state index in [4.69, 9.17) is 11.6 Å². The SMILES string of the molecule is CCCCC(=O)[C@H]1CC[C@H](c2cccnc2Cl)CC1. The van der Waals surface area contributed by atoms with Gasteiger partial charge in [0.2, 0.25) is 0 Å². The second-order valence-corrected chi connectivity index (χ2v) is 5.86. The average molecular weight is 280 g/mol. The fourth-order valence-corrected chi connectivity index (χ4v) is 3.26. The maximum Gasteiger partial charge on any atom is 0.135 e. The number of nitrogens with zero attached hydrogens (tertiary/aromatic N) is 1. The van der Waals surface area contributed by atoms with Gasteiger partial charge in [-0.15, -0.1) is 0 Å². The van der Waals surface area contributed by atoms with Gasteiger partial charge in [-0.25, -0.2) is 4.98 Å². The highest BCUT2D eigenvalue weighted by atomic mass is 35.5. The van der Waals surface area contributed by atoms with E-state index in [1.54, 1.807) is 6.20 Å². The van der Waals surface area contributed by atoms with Crippen LogP contribution in [0.5, 0.6) is 0 Å². The predicted octanol–water partition coefficient (Wildman–Crippen LogP) is 4.77. The summed E-state index contributed by atoms with van der Waals surface area (Å²) < 4.78 is 0. The average Bonchev–Trinajstić information content (AvgIpc) is 2.45. The summed E-state index contributed by atoms with van der Waals surface area (Å²) in [6.45, 7) is 2.13. The molecule has 1 aliphatic rings. The fraction of sp³-hybridized carbons (Fsp3) is 0.625. The van der Waals surface area contributed by atoms with E-state index in [0.29, 0.717) is 22.8 Å². The van der Waals surface area contributed by atoms with Crippen molar-refractivity contribution in [2.24, 2.45) is 5.92 Å². The molecule has 0 radical (unpaired) electrons. The smallest absolute Gasteiger partial charge is 0.135 e. The number of pyridine rings is 1. The Morgan fingerprint density at radius 3 is 2.74 bits per heavy atom.